The molecule has 1 saturated heterocycles. The average molecular weight is 311 g/mol. The van der Waals surface area contributed by atoms with Crippen LogP contribution in [0.2, 0.25) is 0 Å². The Kier molecular flexibility index (Phi) is 7.76. The second kappa shape index (κ2) is 9.06. The Labute approximate surface area is 134 Å². The van der Waals surface area contributed by atoms with E-state index in [9.17, 15) is 4.79 Å². The van der Waals surface area contributed by atoms with E-state index in [1.165, 1.54) is 18.4 Å². The van der Waals surface area contributed by atoms with E-state index in [1.54, 1.807) is 0 Å². The van der Waals surface area contributed by atoms with Crippen molar-refractivity contribution in [2.45, 2.75) is 39.5 Å². The molecule has 1 aromatic rings. The van der Waals surface area contributed by atoms with Crippen molar-refractivity contribution in [2.75, 3.05) is 18.4 Å². The number of hydrogen-bond donors (Lipinski definition) is 2. The van der Waals surface area contributed by atoms with Crippen molar-refractivity contribution in [3.63, 3.8) is 0 Å². The van der Waals surface area contributed by atoms with Crippen molar-refractivity contribution in [2.24, 2.45) is 11.8 Å². The summed E-state index contributed by atoms with van der Waals surface area (Å²) in [4.78, 5) is 12.2. The van der Waals surface area contributed by atoms with E-state index >= 15 is 0 Å². The third-order valence-electron chi connectivity index (χ3n) is 4.37. The predicted octanol–water partition coefficient (Wildman–Crippen LogP) is 3.64. The molecule has 1 unspecified atom stereocenters. The van der Waals surface area contributed by atoms with Gasteiger partial charge in [0.1, 0.15) is 0 Å². The fourth-order valence-corrected chi connectivity index (χ4v) is 3.02. The number of benzene rings is 1. The van der Waals surface area contributed by atoms with Crippen molar-refractivity contribution in [1.29, 1.82) is 0 Å². The molecule has 1 amide bonds. The Morgan fingerprint density at radius 2 is 2.00 bits per heavy atom. The Morgan fingerprint density at radius 3 is 2.67 bits per heavy atom. The van der Waals surface area contributed by atoms with Crippen molar-refractivity contribution in [3.8, 4) is 0 Å². The fraction of sp³-hybridized carbons (Fsp3) is 0.588. The standard InChI is InChI=1S/C17H26N2O.ClH/c1-3-14-6-4-5-7-16(14)19-17(20)12-13(2)15-8-10-18-11-9-15;/h4-7,13,15,18H,3,8-12H2,1-2H3,(H,19,20);1H. The van der Waals surface area contributed by atoms with Crippen LogP contribution in [0, 0.1) is 11.8 Å². The maximum atomic E-state index is 12.2. The van der Waals surface area contributed by atoms with Gasteiger partial charge in [-0.05, 0) is 55.8 Å². The number of halogens is 1. The first kappa shape index (κ1) is 18.0. The lowest BCUT2D eigenvalue weighted by molar-refractivity contribution is -0.117. The molecule has 1 aliphatic rings. The number of carbonyl (C=O) groups excluding carboxylic acids is 1. The third kappa shape index (κ3) is 5.33. The van der Waals surface area contributed by atoms with Gasteiger partial charge in [0, 0.05) is 12.1 Å². The van der Waals surface area contributed by atoms with Gasteiger partial charge in [0.05, 0.1) is 0 Å². The Balaban J connectivity index is 0.00000220. The summed E-state index contributed by atoms with van der Waals surface area (Å²) in [6.45, 7) is 6.51. The second-order valence-corrected chi connectivity index (χ2v) is 5.83. The van der Waals surface area contributed by atoms with E-state index in [4.69, 9.17) is 0 Å². The minimum atomic E-state index is 0. The smallest absolute Gasteiger partial charge is 0.224 e. The summed E-state index contributed by atoms with van der Waals surface area (Å²) in [6.07, 6.45) is 3.96. The lowest BCUT2D eigenvalue weighted by Gasteiger charge is -2.28. The quantitative estimate of drug-likeness (QED) is 0.872. The van der Waals surface area contributed by atoms with Crippen LogP contribution in [0.5, 0.6) is 0 Å². The number of anilines is 1. The molecular formula is C17H27ClN2O. The van der Waals surface area contributed by atoms with Gasteiger partial charge >= 0.3 is 0 Å². The highest BCUT2D eigenvalue weighted by Crippen LogP contribution is 2.25. The Hall–Kier alpha value is -1.06. The van der Waals surface area contributed by atoms with Crippen molar-refractivity contribution in [1.82, 2.24) is 5.32 Å². The van der Waals surface area contributed by atoms with Crippen LogP contribution in [-0.2, 0) is 11.2 Å². The van der Waals surface area contributed by atoms with Gasteiger partial charge in [0.25, 0.3) is 0 Å². The normalized spacial score (nSPS) is 16.9. The van der Waals surface area contributed by atoms with Crippen LogP contribution in [0.4, 0.5) is 5.69 Å². The monoisotopic (exact) mass is 310 g/mol. The highest BCUT2D eigenvalue weighted by molar-refractivity contribution is 5.91. The fourth-order valence-electron chi connectivity index (χ4n) is 3.02. The number of piperidine rings is 1. The van der Waals surface area contributed by atoms with Crippen LogP contribution in [-0.4, -0.2) is 19.0 Å². The molecule has 2 rings (SSSR count). The highest BCUT2D eigenvalue weighted by atomic mass is 35.5. The molecule has 118 valence electrons. The molecule has 21 heavy (non-hydrogen) atoms. The molecule has 1 aromatic carbocycles. The second-order valence-electron chi connectivity index (χ2n) is 5.83. The minimum absolute atomic E-state index is 0. The Morgan fingerprint density at radius 1 is 1.33 bits per heavy atom. The number of amides is 1. The SMILES string of the molecule is CCc1ccccc1NC(=O)CC(C)C1CCNCC1.Cl. The van der Waals surface area contributed by atoms with Gasteiger partial charge in [-0.15, -0.1) is 12.4 Å². The number of carbonyl (C=O) groups is 1. The molecule has 0 radical (unpaired) electrons. The molecule has 0 saturated carbocycles. The molecule has 1 fully saturated rings. The number of aryl methyl sites for hydroxylation is 1. The van der Waals surface area contributed by atoms with E-state index < -0.39 is 0 Å². The summed E-state index contributed by atoms with van der Waals surface area (Å²) in [5.74, 6) is 1.30. The maximum Gasteiger partial charge on any atom is 0.224 e. The zero-order chi connectivity index (χ0) is 14.4. The zero-order valence-corrected chi connectivity index (χ0v) is 13.8. The number of para-hydroxylation sites is 1. The lowest BCUT2D eigenvalue weighted by Crippen LogP contribution is -2.32. The number of hydrogen-bond acceptors (Lipinski definition) is 2. The molecule has 0 spiro atoms. The molecule has 4 heteroatoms. The molecule has 0 bridgehead atoms. The molecule has 0 aliphatic carbocycles. The highest BCUT2D eigenvalue weighted by Gasteiger charge is 2.22. The summed E-state index contributed by atoms with van der Waals surface area (Å²) in [5.41, 5.74) is 2.17. The third-order valence-corrected chi connectivity index (χ3v) is 4.37. The van der Waals surface area contributed by atoms with E-state index in [0.717, 1.165) is 25.2 Å². The summed E-state index contributed by atoms with van der Waals surface area (Å²) in [5, 5.41) is 6.45. The van der Waals surface area contributed by atoms with Crippen LogP contribution < -0.4 is 10.6 Å². The van der Waals surface area contributed by atoms with Crippen LogP contribution >= 0.6 is 12.4 Å². The van der Waals surface area contributed by atoms with Crippen molar-refractivity contribution < 1.29 is 4.79 Å². The van der Waals surface area contributed by atoms with Gasteiger partial charge in [-0.3, -0.25) is 4.79 Å². The molecule has 1 aliphatic heterocycles. The zero-order valence-electron chi connectivity index (χ0n) is 13.0. The van der Waals surface area contributed by atoms with Gasteiger partial charge in [-0.2, -0.15) is 0 Å². The van der Waals surface area contributed by atoms with Gasteiger partial charge in [-0.1, -0.05) is 32.0 Å². The maximum absolute atomic E-state index is 12.2. The number of nitrogens with one attached hydrogen (secondary N) is 2. The van der Waals surface area contributed by atoms with Gasteiger partial charge in [0.15, 0.2) is 0 Å². The van der Waals surface area contributed by atoms with E-state index in [-0.39, 0.29) is 18.3 Å². The topological polar surface area (TPSA) is 41.1 Å². The minimum Gasteiger partial charge on any atom is -0.326 e. The Bertz CT molecular complexity index is 444. The number of rotatable bonds is 5. The molecule has 2 N–H and O–H groups in total. The van der Waals surface area contributed by atoms with E-state index in [1.807, 2.05) is 18.2 Å². The predicted molar refractivity (Wildman–Crippen MR) is 91.1 cm³/mol. The summed E-state index contributed by atoms with van der Waals surface area (Å²) >= 11 is 0. The van der Waals surface area contributed by atoms with E-state index in [0.29, 0.717) is 18.3 Å². The molecule has 3 nitrogen and oxygen atoms in total. The first-order valence-corrected chi connectivity index (χ1v) is 7.79. The van der Waals surface area contributed by atoms with Gasteiger partial charge in [-0.25, -0.2) is 0 Å². The van der Waals surface area contributed by atoms with Gasteiger partial charge in [0.2, 0.25) is 5.91 Å². The van der Waals surface area contributed by atoms with Crippen LogP contribution in [0.25, 0.3) is 0 Å². The lowest BCUT2D eigenvalue weighted by atomic mass is 9.84. The van der Waals surface area contributed by atoms with Crippen LogP contribution in [0.15, 0.2) is 24.3 Å². The van der Waals surface area contributed by atoms with E-state index in [2.05, 4.69) is 30.5 Å². The van der Waals surface area contributed by atoms with Crippen molar-refractivity contribution >= 4 is 24.0 Å². The molecule has 1 heterocycles. The summed E-state index contributed by atoms with van der Waals surface area (Å²) in [7, 11) is 0. The van der Waals surface area contributed by atoms with Crippen LogP contribution in [0.1, 0.15) is 38.7 Å². The first-order chi connectivity index (χ1) is 9.70. The van der Waals surface area contributed by atoms with Gasteiger partial charge < -0.3 is 10.6 Å². The largest absolute Gasteiger partial charge is 0.326 e. The summed E-state index contributed by atoms with van der Waals surface area (Å²) in [6, 6.07) is 8.06. The molecular weight excluding hydrogens is 284 g/mol. The molecule has 1 atom stereocenters. The molecule has 0 aromatic heterocycles. The average Bonchev–Trinajstić information content (AvgIpc) is 2.48. The first-order valence-electron chi connectivity index (χ1n) is 7.79. The van der Waals surface area contributed by atoms with Crippen LogP contribution in [0.3, 0.4) is 0 Å². The van der Waals surface area contributed by atoms with Crippen molar-refractivity contribution in [3.05, 3.63) is 29.8 Å². The summed E-state index contributed by atoms with van der Waals surface area (Å²) < 4.78 is 0.